The molecule has 1 aromatic carbocycles. The van der Waals surface area contributed by atoms with Crippen LogP contribution in [0.15, 0.2) is 34.8 Å². The highest BCUT2D eigenvalue weighted by Gasteiger charge is 2.26. The Bertz CT molecular complexity index is 994. The molecule has 0 spiro atoms. The molecule has 2 N–H and O–H groups in total. The van der Waals surface area contributed by atoms with Gasteiger partial charge in [-0.25, -0.2) is 4.98 Å². The van der Waals surface area contributed by atoms with Gasteiger partial charge in [0, 0.05) is 18.1 Å². The van der Waals surface area contributed by atoms with E-state index in [1.807, 2.05) is 12.1 Å². The molecule has 3 aromatic rings. The van der Waals surface area contributed by atoms with Crippen LogP contribution in [0, 0.1) is 0 Å². The van der Waals surface area contributed by atoms with Gasteiger partial charge < -0.3 is 5.32 Å². The average Bonchev–Trinajstić information content (AvgIpc) is 3.06. The number of nitrogens with zero attached hydrogens (tertiary/aromatic N) is 2. The second-order valence-electron chi connectivity index (χ2n) is 5.24. The molecule has 0 saturated carbocycles. The van der Waals surface area contributed by atoms with Gasteiger partial charge in [-0.15, -0.1) is 11.3 Å². The van der Waals surface area contributed by atoms with Gasteiger partial charge in [-0.2, -0.15) is 8.42 Å². The van der Waals surface area contributed by atoms with Crippen LogP contribution in [0.4, 0.5) is 5.69 Å². The van der Waals surface area contributed by atoms with E-state index in [0.717, 1.165) is 24.1 Å². The smallest absolute Gasteiger partial charge is 0.281 e. The van der Waals surface area contributed by atoms with Crippen LogP contribution in [0.25, 0.3) is 4.96 Å². The normalized spacial score (nSPS) is 14.8. The fraction of sp³-hybridized carbons (Fsp3) is 0.214. The lowest BCUT2D eigenvalue weighted by Crippen LogP contribution is -2.25. The summed E-state index contributed by atoms with van der Waals surface area (Å²) in [6.07, 6.45) is 2.53. The maximum absolute atomic E-state index is 12.8. The molecule has 1 aliphatic rings. The van der Waals surface area contributed by atoms with E-state index in [1.165, 1.54) is 15.7 Å². The van der Waals surface area contributed by atoms with E-state index in [9.17, 15) is 8.42 Å². The van der Waals surface area contributed by atoms with Crippen molar-refractivity contribution in [2.75, 3.05) is 11.3 Å². The summed E-state index contributed by atoms with van der Waals surface area (Å²) in [6, 6.07) is 5.65. The number of rotatable bonds is 3. The summed E-state index contributed by atoms with van der Waals surface area (Å²) in [5.74, 6) is 0. The molecule has 0 radical (unpaired) electrons. The lowest BCUT2D eigenvalue weighted by atomic mass is 10.00. The van der Waals surface area contributed by atoms with Crippen molar-refractivity contribution in [3.63, 3.8) is 0 Å². The zero-order valence-corrected chi connectivity index (χ0v) is 14.3. The zero-order chi connectivity index (χ0) is 16.0. The van der Waals surface area contributed by atoms with Crippen LogP contribution in [-0.2, 0) is 23.0 Å². The summed E-state index contributed by atoms with van der Waals surface area (Å²) in [5, 5.41) is 4.98. The predicted octanol–water partition coefficient (Wildman–Crippen LogP) is 2.50. The van der Waals surface area contributed by atoms with Crippen molar-refractivity contribution in [2.24, 2.45) is 0 Å². The van der Waals surface area contributed by atoms with Crippen LogP contribution in [0.5, 0.6) is 0 Å². The van der Waals surface area contributed by atoms with Crippen LogP contribution >= 0.6 is 22.9 Å². The Morgan fingerprint density at radius 2 is 2.26 bits per heavy atom. The van der Waals surface area contributed by atoms with Crippen LogP contribution in [0.3, 0.4) is 0 Å². The molecule has 0 unspecified atom stereocenters. The van der Waals surface area contributed by atoms with E-state index in [1.54, 1.807) is 17.6 Å². The van der Waals surface area contributed by atoms with Crippen molar-refractivity contribution in [3.8, 4) is 0 Å². The Labute approximate surface area is 142 Å². The van der Waals surface area contributed by atoms with Crippen molar-refractivity contribution in [1.82, 2.24) is 14.7 Å². The highest BCUT2D eigenvalue weighted by molar-refractivity contribution is 7.92. The first-order valence-corrected chi connectivity index (χ1v) is 9.76. The van der Waals surface area contributed by atoms with Crippen molar-refractivity contribution in [3.05, 3.63) is 46.1 Å². The number of fused-ring (bicyclic) bond motifs is 2. The SMILES string of the molecule is O=S(=O)(Nc1cccc2c1CNCC2)c1c(Cl)nc2sccn12. The lowest BCUT2D eigenvalue weighted by Gasteiger charge is -2.20. The number of hydrogen-bond donors (Lipinski definition) is 2. The van der Waals surface area contributed by atoms with E-state index in [4.69, 9.17) is 11.6 Å². The van der Waals surface area contributed by atoms with Gasteiger partial charge in [0.15, 0.2) is 15.1 Å². The number of halogens is 1. The van der Waals surface area contributed by atoms with Gasteiger partial charge >= 0.3 is 0 Å². The maximum Gasteiger partial charge on any atom is 0.281 e. The molecule has 6 nitrogen and oxygen atoms in total. The number of imidazole rings is 1. The summed E-state index contributed by atoms with van der Waals surface area (Å²) < 4.78 is 29.8. The number of thiazole rings is 1. The van der Waals surface area contributed by atoms with Crippen molar-refractivity contribution >= 4 is 43.6 Å². The number of anilines is 1. The molecule has 120 valence electrons. The molecular formula is C14H13ClN4O2S2. The largest absolute Gasteiger partial charge is 0.312 e. The molecule has 23 heavy (non-hydrogen) atoms. The van der Waals surface area contributed by atoms with E-state index in [2.05, 4.69) is 15.0 Å². The van der Waals surface area contributed by atoms with Gasteiger partial charge in [0.25, 0.3) is 10.0 Å². The van der Waals surface area contributed by atoms with Gasteiger partial charge in [-0.05, 0) is 30.2 Å². The standard InChI is InChI=1S/C14H13ClN4O2S2/c15-12-13(19-6-7-22-14(19)17-12)23(20,21)18-11-3-1-2-9-4-5-16-8-10(9)11/h1-3,6-7,16,18H,4-5,8H2. The van der Waals surface area contributed by atoms with E-state index in [0.29, 0.717) is 17.2 Å². The molecular weight excluding hydrogens is 356 g/mol. The molecule has 0 bridgehead atoms. The molecule has 0 atom stereocenters. The monoisotopic (exact) mass is 368 g/mol. The number of nitrogens with one attached hydrogen (secondary N) is 2. The molecule has 3 heterocycles. The van der Waals surface area contributed by atoms with E-state index < -0.39 is 10.0 Å². The Hall–Kier alpha value is -1.61. The Morgan fingerprint density at radius 3 is 3.13 bits per heavy atom. The number of aromatic nitrogens is 2. The minimum Gasteiger partial charge on any atom is -0.312 e. The summed E-state index contributed by atoms with van der Waals surface area (Å²) in [4.78, 5) is 4.63. The van der Waals surface area contributed by atoms with Crippen molar-refractivity contribution < 1.29 is 8.42 Å². The quantitative estimate of drug-likeness (QED) is 0.744. The van der Waals surface area contributed by atoms with E-state index in [-0.39, 0.29) is 10.2 Å². The molecule has 1 aliphatic heterocycles. The third-order valence-electron chi connectivity index (χ3n) is 3.82. The first-order valence-electron chi connectivity index (χ1n) is 7.01. The third kappa shape index (κ3) is 2.51. The molecule has 0 aliphatic carbocycles. The van der Waals surface area contributed by atoms with E-state index >= 15 is 0 Å². The van der Waals surface area contributed by atoms with Crippen LogP contribution in [0.1, 0.15) is 11.1 Å². The number of sulfonamides is 1. The van der Waals surface area contributed by atoms with Gasteiger partial charge in [-0.3, -0.25) is 9.12 Å². The molecule has 4 rings (SSSR count). The molecule has 0 fully saturated rings. The van der Waals surface area contributed by atoms with Gasteiger partial charge in [0.2, 0.25) is 0 Å². The zero-order valence-electron chi connectivity index (χ0n) is 11.9. The van der Waals surface area contributed by atoms with Crippen LogP contribution < -0.4 is 10.0 Å². The maximum atomic E-state index is 12.8. The highest BCUT2D eigenvalue weighted by Crippen LogP contribution is 2.29. The van der Waals surface area contributed by atoms with Gasteiger partial charge in [0.1, 0.15) is 0 Å². The number of hydrogen-bond acceptors (Lipinski definition) is 5. The minimum absolute atomic E-state index is 0.0210. The summed E-state index contributed by atoms with van der Waals surface area (Å²) in [7, 11) is -3.83. The molecule has 0 amide bonds. The second kappa shape index (κ2) is 5.48. The third-order valence-corrected chi connectivity index (χ3v) is 6.34. The van der Waals surface area contributed by atoms with Gasteiger partial charge in [0.05, 0.1) is 5.69 Å². The Balaban J connectivity index is 1.79. The fourth-order valence-electron chi connectivity index (χ4n) is 2.78. The number of benzene rings is 1. The predicted molar refractivity (Wildman–Crippen MR) is 90.7 cm³/mol. The van der Waals surface area contributed by atoms with Crippen molar-refractivity contribution in [1.29, 1.82) is 0 Å². The topological polar surface area (TPSA) is 75.5 Å². The molecule has 0 saturated heterocycles. The van der Waals surface area contributed by atoms with Gasteiger partial charge in [-0.1, -0.05) is 23.7 Å². The Morgan fingerprint density at radius 1 is 1.39 bits per heavy atom. The summed E-state index contributed by atoms with van der Waals surface area (Å²) in [6.45, 7) is 1.54. The van der Waals surface area contributed by atoms with Crippen LogP contribution in [-0.4, -0.2) is 24.3 Å². The first kappa shape index (κ1) is 14.9. The average molecular weight is 369 g/mol. The molecule has 2 aromatic heterocycles. The highest BCUT2D eigenvalue weighted by atomic mass is 35.5. The Kier molecular flexibility index (Phi) is 3.56. The molecule has 9 heteroatoms. The first-order chi connectivity index (χ1) is 11.1. The summed E-state index contributed by atoms with van der Waals surface area (Å²) >= 11 is 7.38. The lowest BCUT2D eigenvalue weighted by molar-refractivity contribution is 0.596. The van der Waals surface area contributed by atoms with Crippen LogP contribution in [0.2, 0.25) is 5.15 Å². The minimum atomic E-state index is -3.83. The summed E-state index contributed by atoms with van der Waals surface area (Å²) in [5.41, 5.74) is 2.71. The second-order valence-corrected chi connectivity index (χ2v) is 8.07. The van der Waals surface area contributed by atoms with Crippen molar-refractivity contribution in [2.45, 2.75) is 18.0 Å². The fourth-order valence-corrected chi connectivity index (χ4v) is 5.33.